The highest BCUT2D eigenvalue weighted by atomic mass is 32.1. The third kappa shape index (κ3) is 3.08. The van der Waals surface area contributed by atoms with Crippen molar-refractivity contribution in [1.29, 1.82) is 0 Å². The number of anilines is 1. The molecule has 2 aromatic rings. The summed E-state index contributed by atoms with van der Waals surface area (Å²) in [7, 11) is 1.36. The number of carbonyl (C=O) groups excluding carboxylic acids is 1. The average molecular weight is 281 g/mol. The molecule has 0 aliphatic carbocycles. The predicted octanol–water partition coefficient (Wildman–Crippen LogP) is 1.46. The fourth-order valence-corrected chi connectivity index (χ4v) is 2.37. The maximum absolute atomic E-state index is 11.5. The number of nitrogens with one attached hydrogen (secondary N) is 1. The van der Waals surface area contributed by atoms with Gasteiger partial charge in [0.25, 0.3) is 0 Å². The second-order valence-corrected chi connectivity index (χ2v) is 4.80. The lowest BCUT2D eigenvalue weighted by Gasteiger charge is -1.97. The van der Waals surface area contributed by atoms with E-state index in [9.17, 15) is 4.79 Å². The second kappa shape index (κ2) is 5.79. The topological polar surface area (TPSA) is 81.9 Å². The standard InChI is InChI=1S/C11H15N5O2S/c1-4-16-13-6-8(15-16)5-12-11-14-7(2)9(19-11)10(17)18-3/h6H,4-5H2,1-3H3,(H,12,14). The second-order valence-electron chi connectivity index (χ2n) is 3.80. The van der Waals surface area contributed by atoms with E-state index < -0.39 is 0 Å². The van der Waals surface area contributed by atoms with Crippen LogP contribution in [-0.2, 0) is 17.8 Å². The number of thiazole rings is 1. The Bertz CT molecular complexity index is 577. The molecule has 0 aliphatic rings. The fraction of sp³-hybridized carbons (Fsp3) is 0.455. The zero-order chi connectivity index (χ0) is 13.8. The Kier molecular flexibility index (Phi) is 4.10. The molecule has 2 heterocycles. The van der Waals surface area contributed by atoms with Gasteiger partial charge in [0, 0.05) is 0 Å². The van der Waals surface area contributed by atoms with E-state index in [1.807, 2.05) is 6.92 Å². The molecule has 0 bridgehead atoms. The third-order valence-corrected chi connectivity index (χ3v) is 3.55. The quantitative estimate of drug-likeness (QED) is 0.836. The number of aryl methyl sites for hydroxylation is 2. The first-order valence-corrected chi connectivity index (χ1v) is 6.64. The first-order valence-electron chi connectivity index (χ1n) is 5.82. The van der Waals surface area contributed by atoms with Crippen LogP contribution in [0.15, 0.2) is 6.20 Å². The van der Waals surface area contributed by atoms with Gasteiger partial charge in [-0.25, -0.2) is 9.78 Å². The minimum atomic E-state index is -0.361. The molecule has 0 saturated heterocycles. The van der Waals surface area contributed by atoms with Gasteiger partial charge in [-0.15, -0.1) is 0 Å². The van der Waals surface area contributed by atoms with Crippen molar-refractivity contribution in [2.24, 2.45) is 0 Å². The summed E-state index contributed by atoms with van der Waals surface area (Å²) in [5, 5.41) is 12.1. The van der Waals surface area contributed by atoms with Gasteiger partial charge >= 0.3 is 5.97 Å². The lowest BCUT2D eigenvalue weighted by atomic mass is 10.4. The molecule has 0 spiro atoms. The van der Waals surface area contributed by atoms with E-state index in [1.54, 1.807) is 17.9 Å². The SMILES string of the molecule is CCn1ncc(CNc2nc(C)c(C(=O)OC)s2)n1. The number of hydrogen-bond acceptors (Lipinski definition) is 7. The normalized spacial score (nSPS) is 10.5. The van der Waals surface area contributed by atoms with Crippen LogP contribution in [0.1, 0.15) is 28.0 Å². The van der Waals surface area contributed by atoms with E-state index in [0.717, 1.165) is 12.2 Å². The summed E-state index contributed by atoms with van der Waals surface area (Å²) < 4.78 is 4.69. The van der Waals surface area contributed by atoms with Gasteiger partial charge in [0.05, 0.1) is 32.1 Å². The smallest absolute Gasteiger partial charge is 0.350 e. The lowest BCUT2D eigenvalue weighted by molar-refractivity contribution is 0.0605. The molecule has 102 valence electrons. The van der Waals surface area contributed by atoms with Crippen molar-refractivity contribution in [3.63, 3.8) is 0 Å². The van der Waals surface area contributed by atoms with Crippen LogP contribution in [-0.4, -0.2) is 33.1 Å². The average Bonchev–Trinajstić information content (AvgIpc) is 3.01. The number of nitrogens with zero attached hydrogens (tertiary/aromatic N) is 4. The van der Waals surface area contributed by atoms with Crippen molar-refractivity contribution in [2.75, 3.05) is 12.4 Å². The van der Waals surface area contributed by atoms with Crippen LogP contribution in [0, 0.1) is 6.92 Å². The third-order valence-electron chi connectivity index (χ3n) is 2.45. The van der Waals surface area contributed by atoms with E-state index in [-0.39, 0.29) is 5.97 Å². The highest BCUT2D eigenvalue weighted by Gasteiger charge is 2.15. The lowest BCUT2D eigenvalue weighted by Crippen LogP contribution is -2.02. The van der Waals surface area contributed by atoms with Crippen LogP contribution in [0.2, 0.25) is 0 Å². The van der Waals surface area contributed by atoms with Gasteiger partial charge in [-0.05, 0) is 13.8 Å². The number of carbonyl (C=O) groups is 1. The zero-order valence-electron chi connectivity index (χ0n) is 11.0. The molecule has 2 aromatic heterocycles. The number of esters is 1. The monoisotopic (exact) mass is 281 g/mol. The summed E-state index contributed by atoms with van der Waals surface area (Å²) >= 11 is 1.27. The van der Waals surface area contributed by atoms with Gasteiger partial charge in [0.2, 0.25) is 0 Å². The maximum Gasteiger partial charge on any atom is 0.350 e. The molecule has 2 rings (SSSR count). The van der Waals surface area contributed by atoms with Crippen LogP contribution < -0.4 is 5.32 Å². The molecular formula is C11H15N5O2S. The summed E-state index contributed by atoms with van der Waals surface area (Å²) in [5.41, 5.74) is 1.49. The summed E-state index contributed by atoms with van der Waals surface area (Å²) in [4.78, 5) is 17.9. The van der Waals surface area contributed by atoms with E-state index in [0.29, 0.717) is 22.2 Å². The molecule has 0 amide bonds. The first kappa shape index (κ1) is 13.5. The molecule has 0 fully saturated rings. The minimum absolute atomic E-state index is 0.361. The Balaban J connectivity index is 2.01. The Morgan fingerprint density at radius 3 is 3.00 bits per heavy atom. The summed E-state index contributed by atoms with van der Waals surface area (Å²) in [5.74, 6) is -0.361. The highest BCUT2D eigenvalue weighted by Crippen LogP contribution is 2.23. The summed E-state index contributed by atoms with van der Waals surface area (Å²) in [6.07, 6.45) is 1.71. The van der Waals surface area contributed by atoms with Gasteiger partial charge in [-0.1, -0.05) is 11.3 Å². The van der Waals surface area contributed by atoms with E-state index in [4.69, 9.17) is 0 Å². The molecule has 0 atom stereocenters. The molecular weight excluding hydrogens is 266 g/mol. The van der Waals surface area contributed by atoms with Gasteiger partial charge in [-0.3, -0.25) is 0 Å². The highest BCUT2D eigenvalue weighted by molar-refractivity contribution is 7.17. The van der Waals surface area contributed by atoms with Crippen LogP contribution in [0.5, 0.6) is 0 Å². The van der Waals surface area contributed by atoms with Crippen LogP contribution in [0.4, 0.5) is 5.13 Å². The molecule has 0 saturated carbocycles. The Hall–Kier alpha value is -1.96. The molecule has 7 nitrogen and oxygen atoms in total. The number of methoxy groups -OCH3 is 1. The summed E-state index contributed by atoms with van der Waals surface area (Å²) in [6, 6.07) is 0. The molecule has 19 heavy (non-hydrogen) atoms. The Labute approximate surface area is 114 Å². The van der Waals surface area contributed by atoms with Gasteiger partial charge in [-0.2, -0.15) is 15.0 Å². The van der Waals surface area contributed by atoms with Crippen molar-refractivity contribution in [3.8, 4) is 0 Å². The Morgan fingerprint density at radius 1 is 1.58 bits per heavy atom. The maximum atomic E-state index is 11.5. The molecule has 1 N–H and O–H groups in total. The van der Waals surface area contributed by atoms with E-state index in [1.165, 1.54) is 18.4 Å². The van der Waals surface area contributed by atoms with Crippen molar-refractivity contribution in [2.45, 2.75) is 26.9 Å². The van der Waals surface area contributed by atoms with E-state index >= 15 is 0 Å². The fourth-order valence-electron chi connectivity index (χ4n) is 1.49. The van der Waals surface area contributed by atoms with Crippen molar-refractivity contribution in [3.05, 3.63) is 22.5 Å². The van der Waals surface area contributed by atoms with Crippen molar-refractivity contribution >= 4 is 22.4 Å². The van der Waals surface area contributed by atoms with Gasteiger partial charge in [0.1, 0.15) is 10.6 Å². The zero-order valence-corrected chi connectivity index (χ0v) is 11.8. The Morgan fingerprint density at radius 2 is 2.37 bits per heavy atom. The molecule has 0 aliphatic heterocycles. The number of rotatable bonds is 5. The van der Waals surface area contributed by atoms with Crippen LogP contribution in [0.25, 0.3) is 0 Å². The largest absolute Gasteiger partial charge is 0.465 e. The predicted molar refractivity (Wildman–Crippen MR) is 71.2 cm³/mol. The molecule has 0 radical (unpaired) electrons. The van der Waals surface area contributed by atoms with Crippen molar-refractivity contribution in [1.82, 2.24) is 20.0 Å². The van der Waals surface area contributed by atoms with E-state index in [2.05, 4.69) is 25.2 Å². The van der Waals surface area contributed by atoms with Gasteiger partial charge in [0.15, 0.2) is 5.13 Å². The molecule has 0 unspecified atom stereocenters. The van der Waals surface area contributed by atoms with Crippen molar-refractivity contribution < 1.29 is 9.53 Å². The van der Waals surface area contributed by atoms with Gasteiger partial charge < -0.3 is 10.1 Å². The van der Waals surface area contributed by atoms with Crippen LogP contribution >= 0.6 is 11.3 Å². The summed E-state index contributed by atoms with van der Waals surface area (Å²) in [6.45, 7) is 5.02. The molecule has 8 heteroatoms. The first-order chi connectivity index (χ1) is 9.13. The molecule has 0 aromatic carbocycles. The number of hydrogen-bond donors (Lipinski definition) is 1. The number of aromatic nitrogens is 4. The van der Waals surface area contributed by atoms with Crippen LogP contribution in [0.3, 0.4) is 0 Å². The minimum Gasteiger partial charge on any atom is -0.465 e. The number of ether oxygens (including phenoxy) is 1.